The zero-order valence-corrected chi connectivity index (χ0v) is 25.7. The summed E-state index contributed by atoms with van der Waals surface area (Å²) < 4.78 is 13.8. The summed E-state index contributed by atoms with van der Waals surface area (Å²) in [6, 6.07) is 19.2. The van der Waals surface area contributed by atoms with Crippen LogP contribution in [0, 0.1) is 19.3 Å². The maximum absolute atomic E-state index is 13.2. The van der Waals surface area contributed by atoms with Crippen molar-refractivity contribution in [2.75, 3.05) is 25.1 Å². The Morgan fingerprint density at radius 2 is 1.61 bits per heavy atom. The number of anilines is 1. The predicted octanol–water partition coefficient (Wildman–Crippen LogP) is 7.94. The molecule has 0 aliphatic carbocycles. The molecular formula is C35H43N3O3. The van der Waals surface area contributed by atoms with Crippen LogP contribution in [0.15, 0.2) is 60.8 Å². The molecule has 0 spiro atoms. The molecule has 0 bridgehead atoms. The number of piperidine rings is 1. The van der Waals surface area contributed by atoms with Gasteiger partial charge in [0, 0.05) is 30.4 Å². The van der Waals surface area contributed by atoms with Crippen LogP contribution < -0.4 is 4.90 Å². The van der Waals surface area contributed by atoms with E-state index in [4.69, 9.17) is 14.5 Å². The van der Waals surface area contributed by atoms with Gasteiger partial charge in [-0.25, -0.2) is 9.78 Å². The Morgan fingerprint density at radius 1 is 0.951 bits per heavy atom. The molecule has 1 saturated heterocycles. The molecule has 0 amide bonds. The molecule has 1 fully saturated rings. The number of pyridine rings is 1. The van der Waals surface area contributed by atoms with Crippen molar-refractivity contribution in [3.8, 4) is 22.4 Å². The number of hydrogen-bond donors (Lipinski definition) is 0. The molecule has 2 aromatic carbocycles. The van der Waals surface area contributed by atoms with Gasteiger partial charge in [0.15, 0.2) is 6.10 Å². The largest absolute Gasteiger partial charge is 0.467 e. The van der Waals surface area contributed by atoms with Crippen molar-refractivity contribution in [3.05, 3.63) is 77.5 Å². The van der Waals surface area contributed by atoms with E-state index in [1.54, 1.807) is 0 Å². The summed E-state index contributed by atoms with van der Waals surface area (Å²) in [6.45, 7) is 16.5. The number of benzene rings is 2. The van der Waals surface area contributed by atoms with Crippen LogP contribution >= 0.6 is 0 Å². The minimum absolute atomic E-state index is 0.278. The molecule has 0 saturated carbocycles. The number of methoxy groups -OCH3 is 1. The van der Waals surface area contributed by atoms with E-state index in [0.717, 1.165) is 65.3 Å². The van der Waals surface area contributed by atoms with Crippen molar-refractivity contribution in [3.63, 3.8) is 0 Å². The molecule has 6 nitrogen and oxygen atoms in total. The number of fused-ring (bicyclic) bond motifs is 1. The highest BCUT2D eigenvalue weighted by atomic mass is 16.6. The number of imidazole rings is 1. The standard InChI is InChI=1S/C35H43N3O3/c1-23-12-14-25(15-13-23)26-10-9-11-27(21-26)28-22-38-29(36-28)20-24(2)30(31(33(39)40-8)41-34(3,4)5)32(38)37-18-16-35(6,7)17-19-37/h9-15,20-22,31H,16-19H2,1-8H3. The molecule has 2 aromatic heterocycles. The zero-order valence-electron chi connectivity index (χ0n) is 25.7. The fourth-order valence-corrected chi connectivity index (χ4v) is 5.64. The molecule has 1 unspecified atom stereocenters. The molecule has 1 atom stereocenters. The normalized spacial score (nSPS) is 16.1. The fraction of sp³-hybridized carbons (Fsp3) is 0.429. The van der Waals surface area contributed by atoms with Crippen molar-refractivity contribution in [1.82, 2.24) is 9.38 Å². The summed E-state index contributed by atoms with van der Waals surface area (Å²) in [6.07, 6.45) is 3.37. The van der Waals surface area contributed by atoms with Gasteiger partial charge in [0.2, 0.25) is 0 Å². The molecule has 5 rings (SSSR count). The lowest BCUT2D eigenvalue weighted by Crippen LogP contribution is -2.40. The number of esters is 1. The average molecular weight is 554 g/mol. The molecule has 0 N–H and O–H groups in total. The van der Waals surface area contributed by atoms with Crippen molar-refractivity contribution in [1.29, 1.82) is 0 Å². The lowest BCUT2D eigenvalue weighted by atomic mass is 9.82. The van der Waals surface area contributed by atoms with E-state index in [-0.39, 0.29) is 5.41 Å². The Labute approximate surface area is 244 Å². The van der Waals surface area contributed by atoms with Crippen molar-refractivity contribution in [2.45, 2.75) is 73.0 Å². The van der Waals surface area contributed by atoms with E-state index in [0.29, 0.717) is 0 Å². The van der Waals surface area contributed by atoms with Gasteiger partial charge in [-0.05, 0) is 81.7 Å². The number of hydrogen-bond acceptors (Lipinski definition) is 5. The van der Waals surface area contributed by atoms with Gasteiger partial charge >= 0.3 is 5.97 Å². The van der Waals surface area contributed by atoms with Crippen LogP contribution in [0.5, 0.6) is 0 Å². The van der Waals surface area contributed by atoms with Crippen LogP contribution in [0.2, 0.25) is 0 Å². The first-order valence-electron chi connectivity index (χ1n) is 14.6. The average Bonchev–Trinajstić information content (AvgIpc) is 3.34. The van der Waals surface area contributed by atoms with Gasteiger partial charge in [0.25, 0.3) is 0 Å². The van der Waals surface area contributed by atoms with Crippen LogP contribution in [-0.2, 0) is 14.3 Å². The second-order valence-electron chi connectivity index (χ2n) is 13.2. The molecule has 41 heavy (non-hydrogen) atoms. The number of ether oxygens (including phenoxy) is 2. The molecule has 216 valence electrons. The van der Waals surface area contributed by atoms with E-state index in [2.05, 4.69) is 90.9 Å². The van der Waals surface area contributed by atoms with Crippen LogP contribution in [0.3, 0.4) is 0 Å². The zero-order chi connectivity index (χ0) is 29.5. The third-order valence-corrected chi connectivity index (χ3v) is 8.08. The number of rotatable bonds is 6. The summed E-state index contributed by atoms with van der Waals surface area (Å²) in [7, 11) is 1.43. The van der Waals surface area contributed by atoms with E-state index < -0.39 is 17.7 Å². The highest BCUT2D eigenvalue weighted by molar-refractivity contribution is 5.81. The number of nitrogens with zero attached hydrogens (tertiary/aromatic N) is 3. The summed E-state index contributed by atoms with van der Waals surface area (Å²) in [5.41, 5.74) is 7.89. The smallest absolute Gasteiger partial charge is 0.339 e. The molecule has 1 aliphatic heterocycles. The van der Waals surface area contributed by atoms with Gasteiger partial charge in [-0.1, -0.05) is 61.9 Å². The fourth-order valence-electron chi connectivity index (χ4n) is 5.64. The molecule has 4 aromatic rings. The lowest BCUT2D eigenvalue weighted by Gasteiger charge is -2.40. The van der Waals surface area contributed by atoms with Gasteiger partial charge in [-0.2, -0.15) is 0 Å². The van der Waals surface area contributed by atoms with Gasteiger partial charge in [-0.15, -0.1) is 0 Å². The Kier molecular flexibility index (Phi) is 7.73. The van der Waals surface area contributed by atoms with Crippen LogP contribution in [0.4, 0.5) is 5.82 Å². The topological polar surface area (TPSA) is 56.1 Å². The van der Waals surface area contributed by atoms with Gasteiger partial charge in [0.05, 0.1) is 18.4 Å². The minimum atomic E-state index is -0.856. The number of carbonyl (C=O) groups is 1. The Balaban J connectivity index is 1.68. The summed E-state index contributed by atoms with van der Waals surface area (Å²) >= 11 is 0. The van der Waals surface area contributed by atoms with Crippen molar-refractivity contribution in [2.24, 2.45) is 5.41 Å². The SMILES string of the molecule is COC(=O)C(OC(C)(C)C)c1c(C)cc2nc(-c3cccc(-c4ccc(C)cc4)c3)cn2c1N1CCC(C)(C)CC1. The Bertz CT molecular complexity index is 1550. The molecule has 6 heteroatoms. The Hall–Kier alpha value is -3.64. The van der Waals surface area contributed by atoms with Crippen LogP contribution in [0.1, 0.15) is 70.3 Å². The summed E-state index contributed by atoms with van der Waals surface area (Å²) in [5.74, 6) is 0.565. The molecule has 0 radical (unpaired) electrons. The maximum atomic E-state index is 13.2. The molecule has 1 aliphatic rings. The summed E-state index contributed by atoms with van der Waals surface area (Å²) in [4.78, 5) is 20.7. The molecule has 3 heterocycles. The van der Waals surface area contributed by atoms with E-state index >= 15 is 0 Å². The Morgan fingerprint density at radius 3 is 2.24 bits per heavy atom. The maximum Gasteiger partial charge on any atom is 0.339 e. The lowest BCUT2D eigenvalue weighted by molar-refractivity contribution is -0.164. The minimum Gasteiger partial charge on any atom is -0.467 e. The first-order chi connectivity index (χ1) is 19.3. The van der Waals surface area contributed by atoms with Gasteiger partial charge < -0.3 is 14.4 Å². The highest BCUT2D eigenvalue weighted by Gasteiger charge is 2.36. The van der Waals surface area contributed by atoms with E-state index in [1.807, 2.05) is 27.7 Å². The van der Waals surface area contributed by atoms with Crippen LogP contribution in [-0.4, -0.2) is 41.2 Å². The second kappa shape index (κ2) is 11.0. The quantitative estimate of drug-likeness (QED) is 0.227. The molecular weight excluding hydrogens is 510 g/mol. The van der Waals surface area contributed by atoms with Crippen molar-refractivity contribution >= 4 is 17.4 Å². The first-order valence-corrected chi connectivity index (χ1v) is 14.6. The van der Waals surface area contributed by atoms with E-state index in [1.165, 1.54) is 18.2 Å². The number of aryl methyl sites for hydroxylation is 2. The highest BCUT2D eigenvalue weighted by Crippen LogP contribution is 2.40. The van der Waals surface area contributed by atoms with Gasteiger partial charge in [0.1, 0.15) is 11.5 Å². The third-order valence-electron chi connectivity index (χ3n) is 8.08. The predicted molar refractivity (Wildman–Crippen MR) is 166 cm³/mol. The third kappa shape index (κ3) is 6.18. The second-order valence-corrected chi connectivity index (χ2v) is 13.2. The monoisotopic (exact) mass is 553 g/mol. The van der Waals surface area contributed by atoms with Gasteiger partial charge in [-0.3, -0.25) is 4.40 Å². The summed E-state index contributed by atoms with van der Waals surface area (Å²) in [5, 5.41) is 0. The van der Waals surface area contributed by atoms with Crippen molar-refractivity contribution < 1.29 is 14.3 Å². The number of carbonyl (C=O) groups excluding carboxylic acids is 1. The first kappa shape index (κ1) is 28.9. The number of aromatic nitrogens is 2. The van der Waals surface area contributed by atoms with Crippen LogP contribution in [0.25, 0.3) is 28.0 Å². The van der Waals surface area contributed by atoms with E-state index in [9.17, 15) is 4.79 Å².